The maximum Gasteiger partial charge on any atom is 0.247 e. The van der Waals surface area contributed by atoms with Gasteiger partial charge in [0.25, 0.3) is 0 Å². The predicted molar refractivity (Wildman–Crippen MR) is 75.8 cm³/mol. The number of nitrogen functional groups attached to an aromatic ring is 1. The number of nitrogens with one attached hydrogen (secondary N) is 1. The van der Waals surface area contributed by atoms with Gasteiger partial charge in [0.1, 0.15) is 0 Å². The highest BCUT2D eigenvalue weighted by Gasteiger charge is 2.05. The molecule has 5 nitrogen and oxygen atoms in total. The van der Waals surface area contributed by atoms with E-state index in [9.17, 15) is 0 Å². The maximum atomic E-state index is 5.85. The first-order valence-corrected chi connectivity index (χ1v) is 6.63. The lowest BCUT2D eigenvalue weighted by molar-refractivity contribution is 0.568. The molecule has 2 aromatic heterocycles. The van der Waals surface area contributed by atoms with Gasteiger partial charge in [0.2, 0.25) is 12.3 Å². The van der Waals surface area contributed by atoms with Gasteiger partial charge in [0.05, 0.1) is 6.54 Å². The van der Waals surface area contributed by atoms with E-state index in [1.54, 1.807) is 11.3 Å². The van der Waals surface area contributed by atoms with E-state index in [4.69, 9.17) is 10.2 Å². The summed E-state index contributed by atoms with van der Waals surface area (Å²) >= 11 is 1.64. The van der Waals surface area contributed by atoms with E-state index in [1.807, 2.05) is 35.7 Å². The number of benzene rings is 1. The summed E-state index contributed by atoms with van der Waals surface area (Å²) in [5.74, 6) is 0.513. The summed E-state index contributed by atoms with van der Waals surface area (Å²) in [7, 11) is 0. The molecule has 0 unspecified atom stereocenters. The van der Waals surface area contributed by atoms with Gasteiger partial charge in [-0.15, -0.1) is 21.5 Å². The molecule has 0 amide bonds. The van der Waals surface area contributed by atoms with Gasteiger partial charge in [-0.25, -0.2) is 0 Å². The summed E-state index contributed by atoms with van der Waals surface area (Å²) in [4.78, 5) is 1.13. The second-order valence-corrected chi connectivity index (χ2v) is 4.98. The van der Waals surface area contributed by atoms with Crippen LogP contribution in [-0.4, -0.2) is 10.2 Å². The van der Waals surface area contributed by atoms with Crippen LogP contribution in [0.2, 0.25) is 0 Å². The molecule has 3 rings (SSSR count). The average molecular weight is 272 g/mol. The minimum atomic E-state index is 0.513. The first kappa shape index (κ1) is 11.7. The van der Waals surface area contributed by atoms with Crippen LogP contribution in [0, 0.1) is 0 Å². The van der Waals surface area contributed by atoms with Crippen molar-refractivity contribution in [3.63, 3.8) is 0 Å². The zero-order chi connectivity index (χ0) is 13.1. The molecule has 2 heterocycles. The molecule has 0 saturated heterocycles. The number of anilines is 2. The van der Waals surface area contributed by atoms with E-state index in [2.05, 4.69) is 15.5 Å². The van der Waals surface area contributed by atoms with Crippen LogP contribution in [0.15, 0.2) is 46.5 Å². The number of aromatic nitrogens is 2. The third-order valence-corrected chi connectivity index (χ3v) is 3.64. The Morgan fingerprint density at radius 3 is 3.00 bits per heavy atom. The van der Waals surface area contributed by atoms with Gasteiger partial charge in [0, 0.05) is 21.8 Å². The smallest absolute Gasteiger partial charge is 0.247 e. The van der Waals surface area contributed by atoms with Crippen molar-refractivity contribution in [1.82, 2.24) is 10.2 Å². The fraction of sp³-hybridized carbons (Fsp3) is 0.0769. The van der Waals surface area contributed by atoms with Gasteiger partial charge in [-0.3, -0.25) is 0 Å². The second-order valence-electron chi connectivity index (χ2n) is 3.98. The van der Waals surface area contributed by atoms with Crippen LogP contribution < -0.4 is 11.1 Å². The van der Waals surface area contributed by atoms with Crippen molar-refractivity contribution < 1.29 is 4.42 Å². The molecule has 0 atom stereocenters. The Kier molecular flexibility index (Phi) is 3.16. The molecule has 3 N–H and O–H groups in total. The monoisotopic (exact) mass is 272 g/mol. The Balaban J connectivity index is 1.75. The van der Waals surface area contributed by atoms with Crippen molar-refractivity contribution >= 4 is 22.7 Å². The summed E-state index contributed by atoms with van der Waals surface area (Å²) in [6.45, 7) is 0.705. The Hall–Kier alpha value is -2.34. The van der Waals surface area contributed by atoms with E-state index in [1.165, 1.54) is 6.39 Å². The van der Waals surface area contributed by atoms with E-state index in [-0.39, 0.29) is 0 Å². The molecule has 6 heteroatoms. The Morgan fingerprint density at radius 2 is 2.26 bits per heavy atom. The van der Waals surface area contributed by atoms with E-state index in [0.717, 1.165) is 21.8 Å². The zero-order valence-corrected chi connectivity index (χ0v) is 10.9. The molecule has 0 aliphatic carbocycles. The molecule has 96 valence electrons. The highest BCUT2D eigenvalue weighted by molar-refractivity contribution is 7.10. The first-order valence-electron chi connectivity index (χ1n) is 5.75. The van der Waals surface area contributed by atoms with Crippen LogP contribution in [0.1, 0.15) is 4.88 Å². The van der Waals surface area contributed by atoms with Crippen molar-refractivity contribution in [3.8, 4) is 11.5 Å². The molecular weight excluding hydrogens is 260 g/mol. The fourth-order valence-electron chi connectivity index (χ4n) is 1.74. The molecule has 19 heavy (non-hydrogen) atoms. The van der Waals surface area contributed by atoms with Crippen LogP contribution in [0.25, 0.3) is 11.5 Å². The van der Waals surface area contributed by atoms with Crippen LogP contribution in [0.3, 0.4) is 0 Å². The minimum Gasteiger partial charge on any atom is -0.423 e. The quantitative estimate of drug-likeness (QED) is 0.763. The fourth-order valence-corrected chi connectivity index (χ4v) is 2.48. The van der Waals surface area contributed by atoms with Crippen molar-refractivity contribution in [2.24, 2.45) is 0 Å². The number of thiophene rings is 1. The minimum absolute atomic E-state index is 0.513. The van der Waals surface area contributed by atoms with Crippen LogP contribution >= 0.6 is 11.3 Å². The lowest BCUT2D eigenvalue weighted by Gasteiger charge is -2.06. The summed E-state index contributed by atoms with van der Waals surface area (Å²) in [6, 6.07) is 9.75. The summed E-state index contributed by atoms with van der Waals surface area (Å²) in [5.41, 5.74) is 8.55. The largest absolute Gasteiger partial charge is 0.423 e. The summed E-state index contributed by atoms with van der Waals surface area (Å²) in [5, 5.41) is 12.9. The molecule has 0 aliphatic rings. The average Bonchev–Trinajstić information content (AvgIpc) is 3.08. The number of nitrogens with zero attached hydrogens (tertiary/aromatic N) is 2. The van der Waals surface area contributed by atoms with Gasteiger partial charge in [-0.1, -0.05) is 6.07 Å². The topological polar surface area (TPSA) is 77.0 Å². The lowest BCUT2D eigenvalue weighted by Crippen LogP contribution is -1.99. The SMILES string of the molecule is Nc1ccsc1CNc1cccc(-c2nnco2)c1. The number of hydrogen-bond acceptors (Lipinski definition) is 6. The van der Waals surface area contributed by atoms with Crippen molar-refractivity contribution in [2.45, 2.75) is 6.54 Å². The lowest BCUT2D eigenvalue weighted by atomic mass is 10.2. The Morgan fingerprint density at radius 1 is 1.32 bits per heavy atom. The normalized spacial score (nSPS) is 10.5. The maximum absolute atomic E-state index is 5.85. The standard InChI is InChI=1S/C13H12N4OS/c14-11-4-5-19-12(11)7-15-10-3-1-2-9(6-10)13-17-16-8-18-13/h1-6,8,15H,7,14H2. The molecular formula is C13H12N4OS. The van der Waals surface area contributed by atoms with Gasteiger partial charge in [-0.05, 0) is 29.6 Å². The van der Waals surface area contributed by atoms with Crippen molar-refractivity contribution in [3.05, 3.63) is 47.0 Å². The number of nitrogens with two attached hydrogens (primary N) is 1. The predicted octanol–water partition coefficient (Wildman–Crippen LogP) is 2.99. The Bertz CT molecular complexity index is 663. The summed E-state index contributed by atoms with van der Waals surface area (Å²) in [6.07, 6.45) is 1.32. The number of rotatable bonds is 4. The molecule has 0 bridgehead atoms. The molecule has 0 spiro atoms. The highest BCUT2D eigenvalue weighted by atomic mass is 32.1. The number of hydrogen-bond donors (Lipinski definition) is 2. The molecule has 0 aliphatic heterocycles. The van der Waals surface area contributed by atoms with E-state index in [0.29, 0.717) is 12.4 Å². The zero-order valence-electron chi connectivity index (χ0n) is 10.0. The third-order valence-electron chi connectivity index (χ3n) is 2.70. The first-order chi connectivity index (χ1) is 9.33. The van der Waals surface area contributed by atoms with Gasteiger partial charge in [-0.2, -0.15) is 0 Å². The van der Waals surface area contributed by atoms with Crippen LogP contribution in [0.5, 0.6) is 0 Å². The highest BCUT2D eigenvalue weighted by Crippen LogP contribution is 2.23. The van der Waals surface area contributed by atoms with Crippen LogP contribution in [0.4, 0.5) is 11.4 Å². The van der Waals surface area contributed by atoms with E-state index < -0.39 is 0 Å². The van der Waals surface area contributed by atoms with Gasteiger partial charge >= 0.3 is 0 Å². The van der Waals surface area contributed by atoms with E-state index >= 15 is 0 Å². The van der Waals surface area contributed by atoms with Gasteiger partial charge < -0.3 is 15.5 Å². The molecule has 0 fully saturated rings. The van der Waals surface area contributed by atoms with Gasteiger partial charge in [0.15, 0.2) is 0 Å². The third kappa shape index (κ3) is 2.58. The summed E-state index contributed by atoms with van der Waals surface area (Å²) < 4.78 is 5.18. The molecule has 3 aromatic rings. The second kappa shape index (κ2) is 5.11. The van der Waals surface area contributed by atoms with Crippen molar-refractivity contribution in [2.75, 3.05) is 11.1 Å². The molecule has 0 radical (unpaired) electrons. The molecule has 1 aromatic carbocycles. The van der Waals surface area contributed by atoms with Crippen molar-refractivity contribution in [1.29, 1.82) is 0 Å². The molecule has 0 saturated carbocycles. The Labute approximate surface area is 114 Å². The van der Waals surface area contributed by atoms with Crippen LogP contribution in [-0.2, 0) is 6.54 Å².